The zero-order valence-electron chi connectivity index (χ0n) is 14.0. The minimum Gasteiger partial charge on any atom is -0.340 e. The zero-order chi connectivity index (χ0) is 17.0. The standard InChI is InChI=1S/C16H28F3N3O/c1-12(14-3-5-20-6-4-14)11-15(23)22-9-7-21(8-10-22)13(2)16(17,18)19/h12-14,20H,3-11H2,1-2H3. The molecule has 7 heteroatoms. The summed E-state index contributed by atoms with van der Waals surface area (Å²) in [4.78, 5) is 15.5. The van der Waals surface area contributed by atoms with Crippen molar-refractivity contribution in [3.63, 3.8) is 0 Å². The fourth-order valence-electron chi connectivity index (χ4n) is 3.55. The van der Waals surface area contributed by atoms with Gasteiger partial charge in [-0.1, -0.05) is 6.92 Å². The van der Waals surface area contributed by atoms with Gasteiger partial charge < -0.3 is 10.2 Å². The van der Waals surface area contributed by atoms with Crippen molar-refractivity contribution in [1.82, 2.24) is 15.1 Å². The van der Waals surface area contributed by atoms with Crippen LogP contribution in [0.25, 0.3) is 0 Å². The highest BCUT2D eigenvalue weighted by molar-refractivity contribution is 5.76. The minimum atomic E-state index is -4.20. The molecule has 0 aromatic rings. The van der Waals surface area contributed by atoms with Crippen LogP contribution >= 0.6 is 0 Å². The van der Waals surface area contributed by atoms with E-state index in [2.05, 4.69) is 12.2 Å². The first-order chi connectivity index (χ1) is 10.8. The monoisotopic (exact) mass is 335 g/mol. The first-order valence-corrected chi connectivity index (χ1v) is 8.58. The van der Waals surface area contributed by atoms with E-state index in [1.807, 2.05) is 0 Å². The van der Waals surface area contributed by atoms with Crippen LogP contribution in [0.5, 0.6) is 0 Å². The Morgan fingerprint density at radius 3 is 2.22 bits per heavy atom. The number of amides is 1. The van der Waals surface area contributed by atoms with Gasteiger partial charge in [0, 0.05) is 32.6 Å². The van der Waals surface area contributed by atoms with Crippen molar-refractivity contribution in [2.45, 2.75) is 45.3 Å². The quantitative estimate of drug-likeness (QED) is 0.855. The Bertz CT molecular complexity index is 389. The maximum Gasteiger partial charge on any atom is 0.403 e. The topological polar surface area (TPSA) is 35.6 Å². The highest BCUT2D eigenvalue weighted by atomic mass is 19.4. The second kappa shape index (κ2) is 7.83. The number of nitrogens with zero attached hydrogens (tertiary/aromatic N) is 2. The lowest BCUT2D eigenvalue weighted by Gasteiger charge is -2.39. The van der Waals surface area contributed by atoms with Crippen LogP contribution in [0.15, 0.2) is 0 Å². The number of piperidine rings is 1. The molecular weight excluding hydrogens is 307 g/mol. The number of hydrogen-bond donors (Lipinski definition) is 1. The summed E-state index contributed by atoms with van der Waals surface area (Å²) in [5, 5.41) is 3.32. The van der Waals surface area contributed by atoms with E-state index in [1.54, 1.807) is 4.90 Å². The Morgan fingerprint density at radius 1 is 1.13 bits per heavy atom. The van der Waals surface area contributed by atoms with E-state index in [0.29, 0.717) is 44.4 Å². The van der Waals surface area contributed by atoms with E-state index < -0.39 is 12.2 Å². The van der Waals surface area contributed by atoms with Crippen molar-refractivity contribution >= 4 is 5.91 Å². The number of alkyl halides is 3. The summed E-state index contributed by atoms with van der Waals surface area (Å²) in [7, 11) is 0. The van der Waals surface area contributed by atoms with E-state index in [-0.39, 0.29) is 5.91 Å². The lowest BCUT2D eigenvalue weighted by atomic mass is 9.84. The molecule has 2 aliphatic rings. The van der Waals surface area contributed by atoms with Gasteiger partial charge in [-0.05, 0) is 44.7 Å². The van der Waals surface area contributed by atoms with Crippen LogP contribution in [0.2, 0.25) is 0 Å². The molecule has 0 aromatic carbocycles. The maximum atomic E-state index is 12.7. The van der Waals surface area contributed by atoms with E-state index in [4.69, 9.17) is 0 Å². The smallest absolute Gasteiger partial charge is 0.340 e. The van der Waals surface area contributed by atoms with Gasteiger partial charge in [-0.25, -0.2) is 0 Å². The molecule has 0 spiro atoms. The van der Waals surface area contributed by atoms with Crippen molar-refractivity contribution in [3.8, 4) is 0 Å². The van der Waals surface area contributed by atoms with Gasteiger partial charge in [0.15, 0.2) is 0 Å². The third-order valence-corrected chi connectivity index (χ3v) is 5.37. The van der Waals surface area contributed by atoms with Gasteiger partial charge >= 0.3 is 6.18 Å². The molecule has 0 bridgehead atoms. The number of nitrogens with one attached hydrogen (secondary N) is 1. The molecule has 2 aliphatic heterocycles. The molecular formula is C16H28F3N3O. The third kappa shape index (κ3) is 5.08. The Balaban J connectivity index is 1.77. The second-order valence-electron chi connectivity index (χ2n) is 6.90. The number of carbonyl (C=O) groups is 1. The highest BCUT2D eigenvalue weighted by Crippen LogP contribution is 2.27. The molecule has 2 saturated heterocycles. The molecule has 134 valence electrons. The Labute approximate surface area is 136 Å². The van der Waals surface area contributed by atoms with Gasteiger partial charge in [0.1, 0.15) is 6.04 Å². The zero-order valence-corrected chi connectivity index (χ0v) is 14.0. The van der Waals surface area contributed by atoms with Crippen molar-refractivity contribution in [2.24, 2.45) is 11.8 Å². The number of piperazine rings is 1. The van der Waals surface area contributed by atoms with Gasteiger partial charge in [-0.2, -0.15) is 13.2 Å². The van der Waals surface area contributed by atoms with E-state index in [0.717, 1.165) is 25.9 Å². The normalized spacial score (nSPS) is 24.5. The van der Waals surface area contributed by atoms with Crippen LogP contribution in [-0.2, 0) is 4.79 Å². The molecule has 2 unspecified atom stereocenters. The number of halogens is 3. The Hall–Kier alpha value is -0.820. The Morgan fingerprint density at radius 2 is 1.70 bits per heavy atom. The van der Waals surface area contributed by atoms with Crippen molar-refractivity contribution in [1.29, 1.82) is 0 Å². The molecule has 4 nitrogen and oxygen atoms in total. The second-order valence-corrected chi connectivity index (χ2v) is 6.90. The van der Waals surface area contributed by atoms with Crippen molar-refractivity contribution in [3.05, 3.63) is 0 Å². The lowest BCUT2D eigenvalue weighted by Crippen LogP contribution is -2.55. The summed E-state index contributed by atoms with van der Waals surface area (Å²) in [5.41, 5.74) is 0. The molecule has 2 heterocycles. The predicted molar refractivity (Wildman–Crippen MR) is 83.0 cm³/mol. The average Bonchev–Trinajstić information content (AvgIpc) is 2.54. The maximum absolute atomic E-state index is 12.7. The highest BCUT2D eigenvalue weighted by Gasteiger charge is 2.41. The summed E-state index contributed by atoms with van der Waals surface area (Å²) < 4.78 is 38.2. The van der Waals surface area contributed by atoms with Gasteiger partial charge in [0.2, 0.25) is 5.91 Å². The third-order valence-electron chi connectivity index (χ3n) is 5.37. The summed E-state index contributed by atoms with van der Waals surface area (Å²) in [6.45, 7) is 6.74. The molecule has 1 amide bonds. The molecule has 23 heavy (non-hydrogen) atoms. The number of hydrogen-bond acceptors (Lipinski definition) is 3. The Kier molecular flexibility index (Phi) is 6.31. The molecule has 0 saturated carbocycles. The molecule has 2 rings (SSSR count). The number of carbonyl (C=O) groups excluding carboxylic acids is 1. The van der Waals surface area contributed by atoms with Crippen LogP contribution in [0.1, 0.15) is 33.1 Å². The minimum absolute atomic E-state index is 0.0929. The fraction of sp³-hybridized carbons (Fsp3) is 0.938. The van der Waals surface area contributed by atoms with E-state index in [1.165, 1.54) is 11.8 Å². The van der Waals surface area contributed by atoms with Gasteiger partial charge in [-0.3, -0.25) is 9.69 Å². The number of rotatable bonds is 4. The fourth-order valence-corrected chi connectivity index (χ4v) is 3.55. The summed E-state index contributed by atoms with van der Waals surface area (Å²) in [6.07, 6.45) is -1.48. The van der Waals surface area contributed by atoms with Crippen LogP contribution in [0.3, 0.4) is 0 Å². The largest absolute Gasteiger partial charge is 0.403 e. The molecule has 2 atom stereocenters. The van der Waals surface area contributed by atoms with Crippen molar-refractivity contribution in [2.75, 3.05) is 39.3 Å². The first-order valence-electron chi connectivity index (χ1n) is 8.58. The summed E-state index contributed by atoms with van der Waals surface area (Å²) in [6, 6.07) is -1.44. The summed E-state index contributed by atoms with van der Waals surface area (Å²) in [5.74, 6) is 1.01. The SMILES string of the molecule is CC(CC(=O)N1CCN(C(C)C(F)(F)F)CC1)C1CCNCC1. The van der Waals surface area contributed by atoms with E-state index in [9.17, 15) is 18.0 Å². The average molecular weight is 335 g/mol. The molecule has 0 radical (unpaired) electrons. The van der Waals surface area contributed by atoms with Gasteiger partial charge in [-0.15, -0.1) is 0 Å². The molecule has 2 fully saturated rings. The van der Waals surface area contributed by atoms with Crippen LogP contribution in [-0.4, -0.2) is 67.2 Å². The van der Waals surface area contributed by atoms with Gasteiger partial charge in [0.25, 0.3) is 0 Å². The van der Waals surface area contributed by atoms with Crippen LogP contribution in [0, 0.1) is 11.8 Å². The molecule has 0 aromatic heterocycles. The van der Waals surface area contributed by atoms with Crippen LogP contribution in [0.4, 0.5) is 13.2 Å². The summed E-state index contributed by atoms with van der Waals surface area (Å²) >= 11 is 0. The predicted octanol–water partition coefficient (Wildman–Crippen LogP) is 2.11. The van der Waals surface area contributed by atoms with Crippen molar-refractivity contribution < 1.29 is 18.0 Å². The lowest BCUT2D eigenvalue weighted by molar-refractivity contribution is -0.183. The van der Waals surface area contributed by atoms with Gasteiger partial charge in [0.05, 0.1) is 0 Å². The first kappa shape index (κ1) is 18.5. The van der Waals surface area contributed by atoms with Crippen LogP contribution < -0.4 is 5.32 Å². The molecule has 1 N–H and O–H groups in total. The molecule has 0 aliphatic carbocycles. The van der Waals surface area contributed by atoms with E-state index >= 15 is 0 Å².